The summed E-state index contributed by atoms with van der Waals surface area (Å²) in [6.07, 6.45) is 2.91. The molecule has 0 aromatic heterocycles. The largest absolute Gasteiger partial charge is 0.480 e. The SMILES string of the molecule is O=C(O)C1CCCCN1Cc1ccc(I)cc1. The Hall–Kier alpha value is -0.620. The number of benzene rings is 1. The van der Waals surface area contributed by atoms with Crippen molar-refractivity contribution < 1.29 is 9.90 Å². The van der Waals surface area contributed by atoms with Crippen molar-refractivity contribution in [2.75, 3.05) is 6.54 Å². The highest BCUT2D eigenvalue weighted by Gasteiger charge is 2.27. The van der Waals surface area contributed by atoms with Gasteiger partial charge < -0.3 is 5.11 Å². The van der Waals surface area contributed by atoms with Crippen LogP contribution in [0.2, 0.25) is 0 Å². The normalized spacial score (nSPS) is 21.4. The van der Waals surface area contributed by atoms with Gasteiger partial charge in [0.1, 0.15) is 6.04 Å². The molecule has 1 aliphatic heterocycles. The molecule has 1 N–H and O–H groups in total. The van der Waals surface area contributed by atoms with Crippen molar-refractivity contribution in [2.24, 2.45) is 0 Å². The van der Waals surface area contributed by atoms with Crippen molar-refractivity contribution in [2.45, 2.75) is 31.8 Å². The van der Waals surface area contributed by atoms with Crippen molar-refractivity contribution in [3.8, 4) is 0 Å². The molecule has 0 spiro atoms. The van der Waals surface area contributed by atoms with Gasteiger partial charge in [-0.05, 0) is 59.7 Å². The van der Waals surface area contributed by atoms with Crippen LogP contribution in [0.3, 0.4) is 0 Å². The first-order chi connectivity index (χ1) is 8.16. The summed E-state index contributed by atoms with van der Waals surface area (Å²) < 4.78 is 1.21. The molecule has 1 heterocycles. The van der Waals surface area contributed by atoms with Gasteiger partial charge in [0.2, 0.25) is 0 Å². The molecule has 4 heteroatoms. The number of aliphatic carboxylic acids is 1. The van der Waals surface area contributed by atoms with E-state index in [1.165, 1.54) is 9.13 Å². The number of rotatable bonds is 3. The van der Waals surface area contributed by atoms with E-state index in [4.69, 9.17) is 0 Å². The van der Waals surface area contributed by atoms with Gasteiger partial charge in [0.05, 0.1) is 0 Å². The van der Waals surface area contributed by atoms with Gasteiger partial charge in [-0.1, -0.05) is 18.6 Å². The zero-order valence-corrected chi connectivity index (χ0v) is 11.8. The van der Waals surface area contributed by atoms with Crippen LogP contribution >= 0.6 is 22.6 Å². The summed E-state index contributed by atoms with van der Waals surface area (Å²) in [6, 6.07) is 7.98. The first-order valence-corrected chi connectivity index (χ1v) is 6.96. The molecule has 1 aromatic carbocycles. The van der Waals surface area contributed by atoms with Crippen LogP contribution in [0.5, 0.6) is 0 Å². The van der Waals surface area contributed by atoms with Crippen LogP contribution in [0.25, 0.3) is 0 Å². The molecule has 1 saturated heterocycles. The van der Waals surface area contributed by atoms with E-state index in [0.717, 1.165) is 32.4 Å². The van der Waals surface area contributed by atoms with Gasteiger partial charge in [0.15, 0.2) is 0 Å². The number of carboxylic acid groups (broad SMARTS) is 1. The Kier molecular flexibility index (Phi) is 4.39. The van der Waals surface area contributed by atoms with Crippen molar-refractivity contribution in [1.82, 2.24) is 4.90 Å². The third kappa shape index (κ3) is 3.42. The van der Waals surface area contributed by atoms with Gasteiger partial charge in [-0.3, -0.25) is 9.69 Å². The zero-order chi connectivity index (χ0) is 12.3. The van der Waals surface area contributed by atoms with Crippen LogP contribution in [0, 0.1) is 3.57 Å². The second-order valence-corrected chi connectivity index (χ2v) is 5.69. The van der Waals surface area contributed by atoms with Crippen molar-refractivity contribution >= 4 is 28.6 Å². The number of carboxylic acids is 1. The standard InChI is InChI=1S/C13H16INO2/c14-11-6-4-10(5-7-11)9-15-8-2-1-3-12(15)13(16)17/h4-7,12H,1-3,8-9H2,(H,16,17). The van der Waals surface area contributed by atoms with Gasteiger partial charge in [0.25, 0.3) is 0 Å². The summed E-state index contributed by atoms with van der Waals surface area (Å²) >= 11 is 2.27. The predicted octanol–water partition coefficient (Wildman–Crippen LogP) is 2.73. The molecule has 0 saturated carbocycles. The molecule has 0 radical (unpaired) electrons. The molecule has 1 atom stereocenters. The summed E-state index contributed by atoms with van der Waals surface area (Å²) in [5.74, 6) is -0.685. The fourth-order valence-electron chi connectivity index (χ4n) is 2.28. The number of hydrogen-bond donors (Lipinski definition) is 1. The first kappa shape index (κ1) is 12.8. The molecule has 17 heavy (non-hydrogen) atoms. The lowest BCUT2D eigenvalue weighted by molar-refractivity contribution is -0.144. The summed E-state index contributed by atoms with van der Waals surface area (Å²) in [7, 11) is 0. The monoisotopic (exact) mass is 345 g/mol. The number of piperidine rings is 1. The van der Waals surface area contributed by atoms with E-state index in [9.17, 15) is 9.90 Å². The second-order valence-electron chi connectivity index (χ2n) is 4.45. The molecule has 1 aromatic rings. The van der Waals surface area contributed by atoms with Gasteiger partial charge >= 0.3 is 5.97 Å². The lowest BCUT2D eigenvalue weighted by atomic mass is 10.0. The lowest BCUT2D eigenvalue weighted by Gasteiger charge is -2.32. The minimum Gasteiger partial charge on any atom is -0.480 e. The summed E-state index contributed by atoms with van der Waals surface area (Å²) in [4.78, 5) is 13.2. The third-order valence-corrected chi connectivity index (χ3v) is 3.92. The fraction of sp³-hybridized carbons (Fsp3) is 0.462. The maximum atomic E-state index is 11.2. The Morgan fingerprint density at radius 1 is 1.35 bits per heavy atom. The maximum Gasteiger partial charge on any atom is 0.320 e. The van der Waals surface area contributed by atoms with Crippen LogP contribution in [-0.2, 0) is 11.3 Å². The molecular weight excluding hydrogens is 329 g/mol. The van der Waals surface area contributed by atoms with Gasteiger partial charge in [-0.2, -0.15) is 0 Å². The molecule has 1 aliphatic rings. The number of carbonyl (C=O) groups is 1. The highest BCUT2D eigenvalue weighted by atomic mass is 127. The minimum absolute atomic E-state index is 0.303. The molecule has 92 valence electrons. The Balaban J connectivity index is 2.05. The van der Waals surface area contributed by atoms with E-state index in [1.807, 2.05) is 0 Å². The number of halogens is 1. The van der Waals surface area contributed by atoms with E-state index in [-0.39, 0.29) is 6.04 Å². The van der Waals surface area contributed by atoms with E-state index in [2.05, 4.69) is 51.8 Å². The maximum absolute atomic E-state index is 11.2. The van der Waals surface area contributed by atoms with Crippen molar-refractivity contribution in [1.29, 1.82) is 0 Å². The van der Waals surface area contributed by atoms with Crippen LogP contribution in [0.1, 0.15) is 24.8 Å². The van der Waals surface area contributed by atoms with E-state index in [0.29, 0.717) is 0 Å². The number of likely N-dealkylation sites (tertiary alicyclic amines) is 1. The van der Waals surface area contributed by atoms with E-state index in [1.54, 1.807) is 0 Å². The topological polar surface area (TPSA) is 40.5 Å². The summed E-state index contributed by atoms with van der Waals surface area (Å²) in [5, 5.41) is 9.19. The van der Waals surface area contributed by atoms with Crippen LogP contribution < -0.4 is 0 Å². The highest BCUT2D eigenvalue weighted by molar-refractivity contribution is 14.1. The Morgan fingerprint density at radius 2 is 2.06 bits per heavy atom. The second kappa shape index (κ2) is 5.82. The molecule has 0 amide bonds. The summed E-state index contributed by atoms with van der Waals surface area (Å²) in [5.41, 5.74) is 1.19. The lowest BCUT2D eigenvalue weighted by Crippen LogP contribution is -2.43. The van der Waals surface area contributed by atoms with Crippen LogP contribution in [0.15, 0.2) is 24.3 Å². The molecule has 3 nitrogen and oxygen atoms in total. The molecule has 0 aliphatic carbocycles. The number of nitrogens with zero attached hydrogens (tertiary/aromatic N) is 1. The summed E-state index contributed by atoms with van der Waals surface area (Å²) in [6.45, 7) is 1.64. The van der Waals surface area contributed by atoms with Gasteiger partial charge in [-0.15, -0.1) is 0 Å². The fourth-order valence-corrected chi connectivity index (χ4v) is 2.64. The molecule has 0 bridgehead atoms. The molecule has 1 fully saturated rings. The van der Waals surface area contributed by atoms with Crippen molar-refractivity contribution in [3.05, 3.63) is 33.4 Å². The average Bonchev–Trinajstić information content (AvgIpc) is 2.32. The third-order valence-electron chi connectivity index (χ3n) is 3.20. The van der Waals surface area contributed by atoms with E-state index >= 15 is 0 Å². The zero-order valence-electron chi connectivity index (χ0n) is 9.60. The predicted molar refractivity (Wildman–Crippen MR) is 74.8 cm³/mol. The quantitative estimate of drug-likeness (QED) is 0.857. The molecular formula is C13H16INO2. The number of hydrogen-bond acceptors (Lipinski definition) is 2. The Bertz CT molecular complexity index is 391. The van der Waals surface area contributed by atoms with Crippen molar-refractivity contribution in [3.63, 3.8) is 0 Å². The highest BCUT2D eigenvalue weighted by Crippen LogP contribution is 2.20. The smallest absolute Gasteiger partial charge is 0.320 e. The minimum atomic E-state index is -0.685. The van der Waals surface area contributed by atoms with Crippen LogP contribution in [0.4, 0.5) is 0 Å². The average molecular weight is 345 g/mol. The van der Waals surface area contributed by atoms with Crippen LogP contribution in [-0.4, -0.2) is 28.6 Å². The van der Waals surface area contributed by atoms with Gasteiger partial charge in [0, 0.05) is 10.1 Å². The Labute approximate surface area is 115 Å². The van der Waals surface area contributed by atoms with Gasteiger partial charge in [-0.25, -0.2) is 0 Å². The molecule has 2 rings (SSSR count). The van der Waals surface area contributed by atoms with E-state index < -0.39 is 5.97 Å². The Morgan fingerprint density at radius 3 is 2.71 bits per heavy atom. The first-order valence-electron chi connectivity index (χ1n) is 5.88. The molecule has 1 unspecified atom stereocenters.